The topological polar surface area (TPSA) is 67.7 Å². The molecule has 0 radical (unpaired) electrons. The van der Waals surface area contributed by atoms with Crippen molar-refractivity contribution < 1.29 is 9.53 Å². The van der Waals surface area contributed by atoms with E-state index in [-0.39, 0.29) is 22.9 Å². The second kappa shape index (κ2) is 9.49. The third-order valence-corrected chi connectivity index (χ3v) is 7.10. The Kier molecular flexibility index (Phi) is 6.75. The number of pyridine rings is 2. The first-order valence-electron chi connectivity index (χ1n) is 10.8. The number of carbonyl (C=O) groups is 1. The van der Waals surface area contributed by atoms with Crippen LogP contribution in [0.3, 0.4) is 0 Å². The number of fused-ring (bicyclic) bond motifs is 1. The Bertz CT molecular complexity index is 971. The number of aryl methyl sites for hydroxylation is 2. The number of aromatic nitrogens is 2. The molecule has 2 aromatic rings. The minimum atomic E-state index is -0.214. The van der Waals surface area contributed by atoms with E-state index in [1.807, 2.05) is 41.1 Å². The molecule has 4 heterocycles. The number of nitrogens with zero attached hydrogens (tertiary/aromatic N) is 4. The summed E-state index contributed by atoms with van der Waals surface area (Å²) in [5.41, 5.74) is 1.55. The number of thioether (sulfide) groups is 1. The molecule has 4 rings (SSSR count). The van der Waals surface area contributed by atoms with Crippen LogP contribution in [0.4, 0.5) is 0 Å². The first-order chi connectivity index (χ1) is 14.6. The van der Waals surface area contributed by atoms with E-state index in [1.165, 1.54) is 0 Å². The van der Waals surface area contributed by atoms with Gasteiger partial charge in [-0.25, -0.2) is 4.98 Å². The van der Waals surface area contributed by atoms with Crippen LogP contribution in [0.1, 0.15) is 29.4 Å². The average molecular weight is 431 g/mol. The van der Waals surface area contributed by atoms with Crippen LogP contribution in [-0.4, -0.2) is 82.2 Å². The monoisotopic (exact) mass is 430 g/mol. The SMILES string of the molecule is CCn1cc(C(=O)N2CCCSCC2CN2CCOCC2)c(=O)c2ccc(C)nc21. The number of ether oxygens (including phenoxy) is 1. The van der Waals surface area contributed by atoms with Gasteiger partial charge in [-0.05, 0) is 38.2 Å². The molecule has 2 aliphatic heterocycles. The van der Waals surface area contributed by atoms with Crippen molar-refractivity contribution in [3.8, 4) is 0 Å². The molecule has 30 heavy (non-hydrogen) atoms. The smallest absolute Gasteiger partial charge is 0.259 e. The van der Waals surface area contributed by atoms with Crippen LogP contribution in [0.5, 0.6) is 0 Å². The van der Waals surface area contributed by atoms with Crippen LogP contribution in [-0.2, 0) is 11.3 Å². The van der Waals surface area contributed by atoms with Crippen molar-refractivity contribution in [2.24, 2.45) is 0 Å². The van der Waals surface area contributed by atoms with Crippen LogP contribution in [0.2, 0.25) is 0 Å². The second-order valence-corrected chi connectivity index (χ2v) is 9.13. The first-order valence-corrected chi connectivity index (χ1v) is 11.9. The highest BCUT2D eigenvalue weighted by Gasteiger charge is 2.30. The van der Waals surface area contributed by atoms with E-state index >= 15 is 0 Å². The van der Waals surface area contributed by atoms with E-state index in [2.05, 4.69) is 9.88 Å². The van der Waals surface area contributed by atoms with Gasteiger partial charge in [0, 0.05) is 50.4 Å². The third kappa shape index (κ3) is 4.40. The number of hydrogen-bond donors (Lipinski definition) is 0. The fourth-order valence-electron chi connectivity index (χ4n) is 4.24. The van der Waals surface area contributed by atoms with Gasteiger partial charge in [-0.15, -0.1) is 0 Å². The summed E-state index contributed by atoms with van der Waals surface area (Å²) in [7, 11) is 0. The lowest BCUT2D eigenvalue weighted by molar-refractivity contribution is 0.0244. The summed E-state index contributed by atoms with van der Waals surface area (Å²) in [5, 5.41) is 0.516. The molecular weight excluding hydrogens is 400 g/mol. The van der Waals surface area contributed by atoms with Gasteiger partial charge in [0.05, 0.1) is 24.6 Å². The molecule has 1 amide bonds. The molecule has 0 spiro atoms. The second-order valence-electron chi connectivity index (χ2n) is 7.98. The van der Waals surface area contributed by atoms with Gasteiger partial charge in [-0.1, -0.05) is 0 Å². The molecule has 0 bridgehead atoms. The van der Waals surface area contributed by atoms with E-state index in [4.69, 9.17) is 4.74 Å². The van der Waals surface area contributed by atoms with Gasteiger partial charge in [0.2, 0.25) is 5.43 Å². The van der Waals surface area contributed by atoms with Gasteiger partial charge in [-0.3, -0.25) is 14.5 Å². The fraction of sp³-hybridized carbons (Fsp3) is 0.591. The molecule has 1 unspecified atom stereocenters. The molecule has 1 atom stereocenters. The zero-order valence-corrected chi connectivity index (χ0v) is 18.6. The Labute approximate surface area is 181 Å². The summed E-state index contributed by atoms with van der Waals surface area (Å²) in [5.74, 6) is 1.80. The maximum absolute atomic E-state index is 13.6. The van der Waals surface area contributed by atoms with Crippen molar-refractivity contribution >= 4 is 28.7 Å². The van der Waals surface area contributed by atoms with Crippen molar-refractivity contribution in [1.82, 2.24) is 19.4 Å². The number of morpholine rings is 1. The Morgan fingerprint density at radius 2 is 2.07 bits per heavy atom. The van der Waals surface area contributed by atoms with Crippen LogP contribution >= 0.6 is 11.8 Å². The molecule has 2 saturated heterocycles. The minimum absolute atomic E-state index is 0.101. The Morgan fingerprint density at radius 1 is 1.27 bits per heavy atom. The number of amides is 1. The normalized spacial score (nSPS) is 21.0. The maximum atomic E-state index is 13.6. The minimum Gasteiger partial charge on any atom is -0.379 e. The summed E-state index contributed by atoms with van der Waals surface area (Å²) >= 11 is 1.90. The molecule has 2 aromatic heterocycles. The highest BCUT2D eigenvalue weighted by molar-refractivity contribution is 7.99. The Morgan fingerprint density at radius 3 is 2.83 bits per heavy atom. The quantitative estimate of drug-likeness (QED) is 0.739. The van der Waals surface area contributed by atoms with Crippen molar-refractivity contribution in [3.63, 3.8) is 0 Å². The van der Waals surface area contributed by atoms with Crippen molar-refractivity contribution in [3.05, 3.63) is 39.8 Å². The summed E-state index contributed by atoms with van der Waals surface area (Å²) in [6, 6.07) is 3.73. The standard InChI is InChI=1S/C22H30N4O3S/c1-3-25-14-19(20(27)18-6-5-16(2)23-21(18)25)22(28)26-7-4-12-30-15-17(26)13-24-8-10-29-11-9-24/h5-6,14,17H,3-4,7-13,15H2,1-2H3. The van der Waals surface area contributed by atoms with Gasteiger partial charge in [-0.2, -0.15) is 11.8 Å². The number of hydrogen-bond acceptors (Lipinski definition) is 6. The lowest BCUT2D eigenvalue weighted by atomic mass is 10.1. The van der Waals surface area contributed by atoms with Gasteiger partial charge < -0.3 is 14.2 Å². The van der Waals surface area contributed by atoms with Gasteiger partial charge in [0.25, 0.3) is 5.91 Å². The van der Waals surface area contributed by atoms with Crippen LogP contribution in [0, 0.1) is 6.92 Å². The van der Waals surface area contributed by atoms with E-state index in [0.29, 0.717) is 24.1 Å². The predicted octanol–water partition coefficient (Wildman–Crippen LogP) is 2.00. The molecule has 7 nitrogen and oxygen atoms in total. The molecule has 0 N–H and O–H groups in total. The largest absolute Gasteiger partial charge is 0.379 e. The van der Waals surface area contributed by atoms with Crippen molar-refractivity contribution in [2.45, 2.75) is 32.9 Å². The summed E-state index contributed by atoms with van der Waals surface area (Å²) in [6.07, 6.45) is 2.66. The van der Waals surface area contributed by atoms with Gasteiger partial charge >= 0.3 is 0 Å². The van der Waals surface area contributed by atoms with E-state index in [9.17, 15) is 9.59 Å². The fourth-order valence-corrected chi connectivity index (χ4v) is 5.29. The third-order valence-electron chi connectivity index (χ3n) is 5.90. The molecular formula is C22H30N4O3S. The Hall–Kier alpha value is -1.90. The van der Waals surface area contributed by atoms with Crippen molar-refractivity contribution in [2.75, 3.05) is 50.9 Å². The molecule has 162 valence electrons. The number of carbonyl (C=O) groups excluding carboxylic acids is 1. The van der Waals surface area contributed by atoms with Crippen molar-refractivity contribution in [1.29, 1.82) is 0 Å². The molecule has 0 saturated carbocycles. The lowest BCUT2D eigenvalue weighted by Crippen LogP contribution is -2.51. The highest BCUT2D eigenvalue weighted by Crippen LogP contribution is 2.20. The average Bonchev–Trinajstić information content (AvgIpc) is 3.00. The van der Waals surface area contributed by atoms with Crippen LogP contribution in [0.15, 0.2) is 23.1 Å². The molecule has 2 aliphatic rings. The molecule has 2 fully saturated rings. The maximum Gasteiger partial charge on any atom is 0.259 e. The lowest BCUT2D eigenvalue weighted by Gasteiger charge is -2.35. The molecule has 8 heteroatoms. The highest BCUT2D eigenvalue weighted by atomic mass is 32.2. The number of rotatable bonds is 4. The first kappa shape index (κ1) is 21.3. The summed E-state index contributed by atoms with van der Waals surface area (Å²) < 4.78 is 7.39. The van der Waals surface area contributed by atoms with E-state index in [0.717, 1.165) is 56.5 Å². The Balaban J connectivity index is 1.68. The van der Waals surface area contributed by atoms with Gasteiger partial charge in [0.1, 0.15) is 11.2 Å². The van der Waals surface area contributed by atoms with Gasteiger partial charge in [0.15, 0.2) is 0 Å². The zero-order valence-electron chi connectivity index (χ0n) is 17.8. The predicted molar refractivity (Wildman–Crippen MR) is 120 cm³/mol. The summed E-state index contributed by atoms with van der Waals surface area (Å²) in [6.45, 7) is 9.37. The molecule has 0 aliphatic carbocycles. The van der Waals surface area contributed by atoms with E-state index < -0.39 is 0 Å². The van der Waals surface area contributed by atoms with Crippen LogP contribution in [0.25, 0.3) is 11.0 Å². The van der Waals surface area contributed by atoms with Crippen LogP contribution < -0.4 is 5.43 Å². The van der Waals surface area contributed by atoms with E-state index in [1.54, 1.807) is 12.3 Å². The molecule has 0 aromatic carbocycles. The summed E-state index contributed by atoms with van der Waals surface area (Å²) in [4.78, 5) is 35.7. The zero-order chi connectivity index (χ0) is 21.1.